The quantitative estimate of drug-likeness (QED) is 0.650. The number of esters is 1. The van der Waals surface area contributed by atoms with Gasteiger partial charge in [0, 0.05) is 6.07 Å². The van der Waals surface area contributed by atoms with Crippen molar-refractivity contribution in [1.29, 1.82) is 0 Å². The Labute approximate surface area is 118 Å². The molecular formula is C12H13F2N3O4. The molecule has 4 N–H and O–H groups in total. The van der Waals surface area contributed by atoms with E-state index in [4.69, 9.17) is 5.73 Å². The summed E-state index contributed by atoms with van der Waals surface area (Å²) in [6.45, 7) is -0.745. The first-order valence-electron chi connectivity index (χ1n) is 5.73. The Morgan fingerprint density at radius 2 is 1.86 bits per heavy atom. The fourth-order valence-corrected chi connectivity index (χ4v) is 1.36. The van der Waals surface area contributed by atoms with E-state index in [-0.39, 0.29) is 6.54 Å². The molecule has 2 amide bonds. The van der Waals surface area contributed by atoms with Crippen LogP contribution in [0.4, 0.5) is 14.5 Å². The molecule has 0 unspecified atom stereocenters. The highest BCUT2D eigenvalue weighted by atomic mass is 19.1. The van der Waals surface area contributed by atoms with Crippen LogP contribution in [0.3, 0.4) is 0 Å². The van der Waals surface area contributed by atoms with Crippen molar-refractivity contribution >= 4 is 23.5 Å². The molecule has 0 aliphatic rings. The summed E-state index contributed by atoms with van der Waals surface area (Å²) in [6.07, 6.45) is 0. The first kappa shape index (κ1) is 16.5. The van der Waals surface area contributed by atoms with E-state index in [1.54, 1.807) is 0 Å². The SMILES string of the molecule is COC(=O)c1cc(NC(=O)CNC(=O)CN)c(F)cc1F. The second-order valence-corrected chi connectivity index (χ2v) is 3.83. The van der Waals surface area contributed by atoms with Crippen LogP contribution in [-0.4, -0.2) is 38.0 Å². The number of anilines is 1. The number of methoxy groups -OCH3 is 1. The van der Waals surface area contributed by atoms with Crippen molar-refractivity contribution in [2.45, 2.75) is 0 Å². The maximum atomic E-state index is 13.5. The van der Waals surface area contributed by atoms with E-state index in [2.05, 4.69) is 15.4 Å². The Bertz CT molecular complexity index is 578. The molecule has 114 valence electrons. The van der Waals surface area contributed by atoms with Crippen molar-refractivity contribution in [2.75, 3.05) is 25.5 Å². The number of rotatable bonds is 5. The van der Waals surface area contributed by atoms with E-state index in [1.165, 1.54) is 0 Å². The topological polar surface area (TPSA) is 111 Å². The number of carbonyl (C=O) groups excluding carboxylic acids is 3. The first-order chi connectivity index (χ1) is 9.88. The molecule has 0 fully saturated rings. The van der Waals surface area contributed by atoms with Gasteiger partial charge in [-0.15, -0.1) is 0 Å². The van der Waals surface area contributed by atoms with Crippen molar-refractivity contribution in [3.63, 3.8) is 0 Å². The van der Waals surface area contributed by atoms with Crippen molar-refractivity contribution in [3.8, 4) is 0 Å². The molecule has 1 rings (SSSR count). The molecule has 0 saturated heterocycles. The van der Waals surface area contributed by atoms with Gasteiger partial charge in [-0.3, -0.25) is 9.59 Å². The monoisotopic (exact) mass is 301 g/mol. The van der Waals surface area contributed by atoms with Crippen LogP contribution < -0.4 is 16.4 Å². The predicted octanol–water partition coefficient (Wildman–Crippen LogP) is -0.235. The molecule has 0 aromatic heterocycles. The van der Waals surface area contributed by atoms with E-state index in [0.717, 1.165) is 13.2 Å². The molecule has 0 radical (unpaired) electrons. The second kappa shape index (κ2) is 7.29. The fraction of sp³-hybridized carbons (Fsp3) is 0.250. The number of ether oxygens (including phenoxy) is 1. The van der Waals surface area contributed by atoms with Crippen LogP contribution in [0.1, 0.15) is 10.4 Å². The second-order valence-electron chi connectivity index (χ2n) is 3.83. The number of nitrogens with one attached hydrogen (secondary N) is 2. The summed E-state index contributed by atoms with van der Waals surface area (Å²) in [6, 6.07) is 1.25. The summed E-state index contributed by atoms with van der Waals surface area (Å²) in [4.78, 5) is 33.6. The van der Waals surface area contributed by atoms with Gasteiger partial charge in [-0.2, -0.15) is 0 Å². The van der Waals surface area contributed by atoms with Gasteiger partial charge < -0.3 is 21.1 Å². The van der Waals surface area contributed by atoms with E-state index < -0.39 is 47.2 Å². The summed E-state index contributed by atoms with van der Waals surface area (Å²) < 4.78 is 31.2. The summed E-state index contributed by atoms with van der Waals surface area (Å²) in [5, 5.41) is 4.26. The molecule has 9 heteroatoms. The molecule has 0 atom stereocenters. The van der Waals surface area contributed by atoms with Gasteiger partial charge in [-0.1, -0.05) is 0 Å². The van der Waals surface area contributed by atoms with Crippen molar-refractivity contribution in [1.82, 2.24) is 5.32 Å². The zero-order chi connectivity index (χ0) is 16.0. The Balaban J connectivity index is 2.85. The van der Waals surface area contributed by atoms with Gasteiger partial charge in [0.1, 0.15) is 11.6 Å². The van der Waals surface area contributed by atoms with Crippen LogP contribution in [0.5, 0.6) is 0 Å². The zero-order valence-corrected chi connectivity index (χ0v) is 11.0. The molecule has 0 heterocycles. The van der Waals surface area contributed by atoms with Crippen molar-refractivity contribution in [3.05, 3.63) is 29.3 Å². The van der Waals surface area contributed by atoms with Gasteiger partial charge in [-0.25, -0.2) is 13.6 Å². The normalized spacial score (nSPS) is 9.90. The molecule has 1 aromatic rings. The minimum absolute atomic E-state index is 0.301. The number of amides is 2. The molecule has 0 aliphatic heterocycles. The fourth-order valence-electron chi connectivity index (χ4n) is 1.36. The lowest BCUT2D eigenvalue weighted by Crippen LogP contribution is -2.36. The van der Waals surface area contributed by atoms with E-state index in [1.807, 2.05) is 0 Å². The van der Waals surface area contributed by atoms with Crippen molar-refractivity contribution < 1.29 is 27.9 Å². The highest BCUT2D eigenvalue weighted by molar-refractivity contribution is 5.97. The summed E-state index contributed by atoms with van der Waals surface area (Å²) >= 11 is 0. The highest BCUT2D eigenvalue weighted by Gasteiger charge is 2.17. The highest BCUT2D eigenvalue weighted by Crippen LogP contribution is 2.20. The minimum atomic E-state index is -1.12. The largest absolute Gasteiger partial charge is 0.465 e. The number of halogens is 2. The molecular weight excluding hydrogens is 288 g/mol. The van der Waals surface area contributed by atoms with Crippen LogP contribution >= 0.6 is 0 Å². The van der Waals surface area contributed by atoms with E-state index >= 15 is 0 Å². The average Bonchev–Trinajstić information content (AvgIpc) is 2.46. The lowest BCUT2D eigenvalue weighted by atomic mass is 10.1. The summed E-state index contributed by atoms with van der Waals surface area (Å²) in [5.74, 6) is -4.54. The number of hydrogen-bond acceptors (Lipinski definition) is 5. The van der Waals surface area contributed by atoms with Crippen LogP contribution in [0.25, 0.3) is 0 Å². The van der Waals surface area contributed by atoms with Crippen molar-refractivity contribution in [2.24, 2.45) is 5.73 Å². The van der Waals surface area contributed by atoms with Crippen LogP contribution in [-0.2, 0) is 14.3 Å². The smallest absolute Gasteiger partial charge is 0.340 e. The average molecular weight is 301 g/mol. The Morgan fingerprint density at radius 3 is 2.43 bits per heavy atom. The first-order valence-corrected chi connectivity index (χ1v) is 5.73. The Hall–Kier alpha value is -2.55. The van der Waals surface area contributed by atoms with Gasteiger partial charge in [0.05, 0.1) is 31.5 Å². The molecule has 1 aromatic carbocycles. The number of nitrogens with two attached hydrogens (primary N) is 1. The lowest BCUT2D eigenvalue weighted by molar-refractivity contribution is -0.123. The van der Waals surface area contributed by atoms with Gasteiger partial charge in [0.2, 0.25) is 11.8 Å². The minimum Gasteiger partial charge on any atom is -0.465 e. The molecule has 0 spiro atoms. The van der Waals surface area contributed by atoms with Gasteiger partial charge in [0.25, 0.3) is 0 Å². The maximum Gasteiger partial charge on any atom is 0.340 e. The molecule has 0 saturated carbocycles. The molecule has 0 bridgehead atoms. The summed E-state index contributed by atoms with van der Waals surface area (Å²) in [5.41, 5.74) is 4.08. The lowest BCUT2D eigenvalue weighted by Gasteiger charge is -2.09. The standard InChI is InChI=1S/C12H13F2N3O4/c1-21-12(20)6-2-9(8(14)3-7(6)13)17-11(19)5-16-10(18)4-15/h2-3H,4-5,15H2,1H3,(H,16,18)(H,17,19). The maximum absolute atomic E-state index is 13.5. The number of benzene rings is 1. The third-order valence-corrected chi connectivity index (χ3v) is 2.37. The molecule has 21 heavy (non-hydrogen) atoms. The van der Waals surface area contributed by atoms with Gasteiger partial charge in [0.15, 0.2) is 0 Å². The van der Waals surface area contributed by atoms with E-state index in [0.29, 0.717) is 6.07 Å². The van der Waals surface area contributed by atoms with Crippen LogP contribution in [0, 0.1) is 11.6 Å². The van der Waals surface area contributed by atoms with E-state index in [9.17, 15) is 23.2 Å². The van der Waals surface area contributed by atoms with Gasteiger partial charge >= 0.3 is 5.97 Å². The third-order valence-electron chi connectivity index (χ3n) is 2.37. The molecule has 7 nitrogen and oxygen atoms in total. The zero-order valence-electron chi connectivity index (χ0n) is 11.0. The Morgan fingerprint density at radius 1 is 1.19 bits per heavy atom. The summed E-state index contributed by atoms with van der Waals surface area (Å²) in [7, 11) is 1.03. The predicted molar refractivity (Wildman–Crippen MR) is 68.4 cm³/mol. The van der Waals surface area contributed by atoms with Crippen LogP contribution in [0.2, 0.25) is 0 Å². The van der Waals surface area contributed by atoms with Crippen LogP contribution in [0.15, 0.2) is 12.1 Å². The Kier molecular flexibility index (Phi) is 5.73. The third kappa shape index (κ3) is 4.49. The number of hydrogen-bond donors (Lipinski definition) is 3. The molecule has 0 aliphatic carbocycles. The number of carbonyl (C=O) groups is 3. The van der Waals surface area contributed by atoms with Gasteiger partial charge in [-0.05, 0) is 6.07 Å².